The summed E-state index contributed by atoms with van der Waals surface area (Å²) in [5.74, 6) is -0.814. The number of hydrogen-bond donors (Lipinski definition) is 1. The molecule has 1 N–H and O–H groups in total. The van der Waals surface area contributed by atoms with E-state index in [4.69, 9.17) is 4.74 Å². The van der Waals surface area contributed by atoms with Crippen molar-refractivity contribution in [2.24, 2.45) is 5.92 Å². The lowest BCUT2D eigenvalue weighted by atomic mass is 9.94. The van der Waals surface area contributed by atoms with E-state index in [1.54, 1.807) is 0 Å². The highest BCUT2D eigenvalue weighted by molar-refractivity contribution is 5.75. The number of aromatic nitrogens is 2. The Bertz CT molecular complexity index is 394. The first-order chi connectivity index (χ1) is 8.54. The van der Waals surface area contributed by atoms with E-state index >= 15 is 0 Å². The van der Waals surface area contributed by atoms with Crippen LogP contribution in [0.2, 0.25) is 0 Å². The van der Waals surface area contributed by atoms with Crippen LogP contribution in [-0.2, 0) is 4.79 Å². The Kier molecular flexibility index (Phi) is 5.55. The Hall–Kier alpha value is -1.65. The number of carboxylic acid groups (broad SMARTS) is 1. The third-order valence-corrected chi connectivity index (χ3v) is 2.45. The van der Waals surface area contributed by atoms with Crippen LogP contribution in [0.5, 0.6) is 5.88 Å². The molecule has 1 atom stereocenters. The van der Waals surface area contributed by atoms with Gasteiger partial charge in [-0.25, -0.2) is 4.98 Å². The average Bonchev–Trinajstić information content (AvgIpc) is 2.33. The Morgan fingerprint density at radius 1 is 1.44 bits per heavy atom. The van der Waals surface area contributed by atoms with Crippen molar-refractivity contribution >= 4 is 5.97 Å². The molecule has 0 aliphatic rings. The van der Waals surface area contributed by atoms with Crippen LogP contribution in [0, 0.1) is 5.92 Å². The minimum absolute atomic E-state index is 0.285. The lowest BCUT2D eigenvalue weighted by Gasteiger charge is -2.14. The van der Waals surface area contributed by atoms with Crippen LogP contribution in [0.1, 0.15) is 45.2 Å². The standard InChI is InChI=1S/C13H20N2O3/c1-4-5-18-12-8-14-7-11(15-12)10(13(16)17)6-9(2)3/h7-10H,4-6H2,1-3H3,(H,16,17). The molecule has 1 rings (SSSR count). The van der Waals surface area contributed by atoms with Crippen LogP contribution in [0.15, 0.2) is 12.4 Å². The Balaban J connectivity index is 2.87. The second kappa shape index (κ2) is 6.93. The summed E-state index contributed by atoms with van der Waals surface area (Å²) in [4.78, 5) is 19.5. The van der Waals surface area contributed by atoms with E-state index in [2.05, 4.69) is 9.97 Å². The molecule has 0 fully saturated rings. The van der Waals surface area contributed by atoms with Gasteiger partial charge < -0.3 is 9.84 Å². The molecule has 1 aromatic rings. The molecule has 0 saturated heterocycles. The van der Waals surface area contributed by atoms with Crippen molar-refractivity contribution in [2.45, 2.75) is 39.5 Å². The van der Waals surface area contributed by atoms with Gasteiger partial charge in [0.1, 0.15) is 5.92 Å². The van der Waals surface area contributed by atoms with Gasteiger partial charge in [-0.05, 0) is 18.8 Å². The van der Waals surface area contributed by atoms with E-state index in [1.165, 1.54) is 12.4 Å². The summed E-state index contributed by atoms with van der Waals surface area (Å²) in [6.07, 6.45) is 4.43. The highest BCUT2D eigenvalue weighted by atomic mass is 16.5. The lowest BCUT2D eigenvalue weighted by molar-refractivity contribution is -0.139. The molecule has 0 amide bonds. The number of carboxylic acids is 1. The fourth-order valence-electron chi connectivity index (χ4n) is 1.63. The fourth-order valence-corrected chi connectivity index (χ4v) is 1.63. The minimum Gasteiger partial charge on any atom is -0.481 e. The molecule has 0 aliphatic carbocycles. The third kappa shape index (κ3) is 4.31. The number of ether oxygens (including phenoxy) is 1. The van der Waals surface area contributed by atoms with Crippen LogP contribution >= 0.6 is 0 Å². The second-order valence-electron chi connectivity index (χ2n) is 4.65. The lowest BCUT2D eigenvalue weighted by Crippen LogP contribution is -2.16. The topological polar surface area (TPSA) is 72.3 Å². The van der Waals surface area contributed by atoms with Crippen LogP contribution in [-0.4, -0.2) is 27.7 Å². The van der Waals surface area contributed by atoms with Crippen LogP contribution in [0.3, 0.4) is 0 Å². The quantitative estimate of drug-likeness (QED) is 0.807. The molecular weight excluding hydrogens is 232 g/mol. The summed E-state index contributed by atoms with van der Waals surface area (Å²) in [6.45, 7) is 6.53. The summed E-state index contributed by atoms with van der Waals surface area (Å²) in [5.41, 5.74) is 0.463. The summed E-state index contributed by atoms with van der Waals surface area (Å²) in [6, 6.07) is 0. The first-order valence-corrected chi connectivity index (χ1v) is 6.22. The van der Waals surface area contributed by atoms with Crippen molar-refractivity contribution in [2.75, 3.05) is 6.61 Å². The minimum atomic E-state index is -0.870. The van der Waals surface area contributed by atoms with Gasteiger partial charge in [-0.1, -0.05) is 20.8 Å². The van der Waals surface area contributed by atoms with Gasteiger partial charge >= 0.3 is 5.97 Å². The zero-order chi connectivity index (χ0) is 13.5. The molecule has 0 radical (unpaired) electrons. The van der Waals surface area contributed by atoms with Crippen molar-refractivity contribution < 1.29 is 14.6 Å². The van der Waals surface area contributed by atoms with Gasteiger partial charge in [-0.3, -0.25) is 9.78 Å². The number of hydrogen-bond acceptors (Lipinski definition) is 4. The van der Waals surface area contributed by atoms with Crippen molar-refractivity contribution in [3.63, 3.8) is 0 Å². The maximum Gasteiger partial charge on any atom is 0.312 e. The predicted octanol–water partition coefficient (Wildman–Crippen LogP) is 2.48. The molecule has 0 aliphatic heterocycles. The van der Waals surface area contributed by atoms with Crippen molar-refractivity contribution in [1.82, 2.24) is 9.97 Å². The molecular formula is C13H20N2O3. The van der Waals surface area contributed by atoms with Gasteiger partial charge in [0.15, 0.2) is 0 Å². The van der Waals surface area contributed by atoms with E-state index in [0.29, 0.717) is 24.6 Å². The number of rotatable bonds is 7. The van der Waals surface area contributed by atoms with E-state index in [1.807, 2.05) is 20.8 Å². The van der Waals surface area contributed by atoms with Gasteiger partial charge in [0.2, 0.25) is 5.88 Å². The molecule has 0 spiro atoms. The molecule has 0 saturated carbocycles. The number of carbonyl (C=O) groups is 1. The predicted molar refractivity (Wildman–Crippen MR) is 67.6 cm³/mol. The first-order valence-electron chi connectivity index (χ1n) is 6.22. The molecule has 0 bridgehead atoms. The van der Waals surface area contributed by atoms with Crippen LogP contribution in [0.25, 0.3) is 0 Å². The maximum absolute atomic E-state index is 11.3. The van der Waals surface area contributed by atoms with Crippen molar-refractivity contribution in [3.8, 4) is 5.88 Å². The monoisotopic (exact) mass is 252 g/mol. The molecule has 100 valence electrons. The molecule has 1 aromatic heterocycles. The number of aliphatic carboxylic acids is 1. The molecule has 1 heterocycles. The Morgan fingerprint density at radius 2 is 2.17 bits per heavy atom. The maximum atomic E-state index is 11.3. The van der Waals surface area contributed by atoms with Crippen molar-refractivity contribution in [1.29, 1.82) is 0 Å². The van der Waals surface area contributed by atoms with Crippen LogP contribution < -0.4 is 4.74 Å². The van der Waals surface area contributed by atoms with Crippen molar-refractivity contribution in [3.05, 3.63) is 18.1 Å². The summed E-state index contributed by atoms with van der Waals surface area (Å²) < 4.78 is 5.36. The molecule has 1 unspecified atom stereocenters. The van der Waals surface area contributed by atoms with Gasteiger partial charge in [0.25, 0.3) is 0 Å². The largest absolute Gasteiger partial charge is 0.481 e. The molecule has 5 heteroatoms. The Morgan fingerprint density at radius 3 is 2.72 bits per heavy atom. The number of nitrogens with zero attached hydrogens (tertiary/aromatic N) is 2. The molecule has 5 nitrogen and oxygen atoms in total. The fraction of sp³-hybridized carbons (Fsp3) is 0.615. The normalized spacial score (nSPS) is 12.4. The highest BCUT2D eigenvalue weighted by Crippen LogP contribution is 2.23. The molecule has 0 aromatic carbocycles. The SMILES string of the molecule is CCCOc1cncc(C(CC(C)C)C(=O)O)n1. The summed E-state index contributed by atoms with van der Waals surface area (Å²) >= 11 is 0. The van der Waals surface area contributed by atoms with E-state index in [0.717, 1.165) is 6.42 Å². The van der Waals surface area contributed by atoms with Gasteiger partial charge in [0, 0.05) is 6.20 Å². The summed E-state index contributed by atoms with van der Waals surface area (Å²) in [7, 11) is 0. The molecule has 18 heavy (non-hydrogen) atoms. The Labute approximate surface area is 107 Å². The first kappa shape index (κ1) is 14.4. The van der Waals surface area contributed by atoms with Crippen LogP contribution in [0.4, 0.5) is 0 Å². The zero-order valence-electron chi connectivity index (χ0n) is 11.1. The summed E-state index contributed by atoms with van der Waals surface area (Å²) in [5, 5.41) is 9.23. The highest BCUT2D eigenvalue weighted by Gasteiger charge is 2.23. The smallest absolute Gasteiger partial charge is 0.312 e. The van der Waals surface area contributed by atoms with Gasteiger partial charge in [0.05, 0.1) is 18.5 Å². The van der Waals surface area contributed by atoms with E-state index in [-0.39, 0.29) is 5.92 Å². The van der Waals surface area contributed by atoms with Gasteiger partial charge in [-0.15, -0.1) is 0 Å². The third-order valence-electron chi connectivity index (χ3n) is 2.45. The van der Waals surface area contributed by atoms with E-state index in [9.17, 15) is 9.90 Å². The zero-order valence-corrected chi connectivity index (χ0v) is 11.1. The second-order valence-corrected chi connectivity index (χ2v) is 4.65. The van der Waals surface area contributed by atoms with E-state index < -0.39 is 11.9 Å². The van der Waals surface area contributed by atoms with Gasteiger partial charge in [-0.2, -0.15) is 0 Å². The average molecular weight is 252 g/mol.